The van der Waals surface area contributed by atoms with Gasteiger partial charge in [-0.05, 0) is 62.3 Å². The van der Waals surface area contributed by atoms with Gasteiger partial charge in [0.2, 0.25) is 0 Å². The zero-order valence-electron chi connectivity index (χ0n) is 25.6. The molecule has 0 aromatic rings. The molecule has 240 valence electrons. The molecule has 1 amide bonds. The maximum atomic E-state index is 13.2. The van der Waals surface area contributed by atoms with Gasteiger partial charge in [-0.3, -0.25) is 19.2 Å². The lowest BCUT2D eigenvalue weighted by atomic mass is 10.0. The van der Waals surface area contributed by atoms with Crippen LogP contribution in [-0.4, -0.2) is 92.0 Å². The zero-order chi connectivity index (χ0) is 32.1. The topological polar surface area (TPSA) is 136 Å². The SMILES string of the molecule is CC(C)(C)OC(=O)CCOCC(COCCC(=O)OC(C)(C)C)(COCCC(=O)OC(C)(C)C)NC(=O)C(F)(F)F. The summed E-state index contributed by atoms with van der Waals surface area (Å²) in [5.41, 5.74) is -4.13. The number of carbonyl (C=O) groups excluding carboxylic acids is 4. The largest absolute Gasteiger partial charge is 0.471 e. The van der Waals surface area contributed by atoms with Gasteiger partial charge < -0.3 is 33.7 Å². The monoisotopic (exact) mass is 601 g/mol. The number of nitrogens with one attached hydrogen (secondary N) is 1. The molecule has 0 radical (unpaired) electrons. The first-order valence-electron chi connectivity index (χ1n) is 13.2. The molecule has 0 aromatic carbocycles. The Morgan fingerprint density at radius 1 is 0.537 bits per heavy atom. The number of halogens is 3. The minimum absolute atomic E-state index is 0.209. The Kier molecular flexibility index (Phi) is 15.3. The van der Waals surface area contributed by atoms with Crippen LogP contribution in [0.3, 0.4) is 0 Å². The lowest BCUT2D eigenvalue weighted by Gasteiger charge is -2.34. The average Bonchev–Trinajstić information content (AvgIpc) is 2.73. The van der Waals surface area contributed by atoms with Gasteiger partial charge in [-0.2, -0.15) is 13.2 Å². The fraction of sp³-hybridized carbons (Fsp3) is 0.852. The van der Waals surface area contributed by atoms with E-state index < -0.39 is 72.2 Å². The van der Waals surface area contributed by atoms with E-state index in [1.54, 1.807) is 62.3 Å². The molecule has 0 spiro atoms. The molecule has 0 saturated heterocycles. The summed E-state index contributed by atoms with van der Waals surface area (Å²) in [6, 6.07) is 0. The van der Waals surface area contributed by atoms with E-state index in [0.717, 1.165) is 0 Å². The maximum absolute atomic E-state index is 13.2. The molecule has 0 aliphatic rings. The second kappa shape index (κ2) is 16.3. The first kappa shape index (κ1) is 38.5. The Bertz CT molecular complexity index is 767. The van der Waals surface area contributed by atoms with Crippen molar-refractivity contribution >= 4 is 23.8 Å². The number of carbonyl (C=O) groups is 4. The minimum atomic E-state index is -5.24. The van der Waals surface area contributed by atoms with Crippen molar-refractivity contribution < 1.29 is 60.8 Å². The first-order chi connectivity index (χ1) is 18.4. The molecule has 1 N–H and O–H groups in total. The predicted octanol–water partition coefficient (Wildman–Crippen LogP) is 3.65. The van der Waals surface area contributed by atoms with Gasteiger partial charge in [0, 0.05) is 0 Å². The van der Waals surface area contributed by atoms with E-state index in [2.05, 4.69) is 0 Å². The van der Waals surface area contributed by atoms with Crippen molar-refractivity contribution in [1.29, 1.82) is 0 Å². The Labute approximate surface area is 240 Å². The van der Waals surface area contributed by atoms with Crippen LogP contribution in [0.1, 0.15) is 81.6 Å². The van der Waals surface area contributed by atoms with Crippen LogP contribution in [0.25, 0.3) is 0 Å². The molecule has 41 heavy (non-hydrogen) atoms. The average molecular weight is 602 g/mol. The summed E-state index contributed by atoms with van der Waals surface area (Å²) in [6.07, 6.45) is -5.87. The number of amides is 1. The third-order valence-corrected chi connectivity index (χ3v) is 4.38. The van der Waals surface area contributed by atoms with E-state index in [1.165, 1.54) is 0 Å². The second-order valence-electron chi connectivity index (χ2n) is 12.4. The molecule has 0 unspecified atom stereocenters. The minimum Gasteiger partial charge on any atom is -0.460 e. The van der Waals surface area contributed by atoms with Crippen LogP contribution in [0.5, 0.6) is 0 Å². The van der Waals surface area contributed by atoms with Crippen molar-refractivity contribution in [2.45, 2.75) is 110 Å². The van der Waals surface area contributed by atoms with Crippen molar-refractivity contribution in [3.63, 3.8) is 0 Å². The van der Waals surface area contributed by atoms with Crippen molar-refractivity contribution in [2.24, 2.45) is 0 Å². The lowest BCUT2D eigenvalue weighted by molar-refractivity contribution is -0.179. The predicted molar refractivity (Wildman–Crippen MR) is 141 cm³/mol. The highest BCUT2D eigenvalue weighted by Gasteiger charge is 2.45. The van der Waals surface area contributed by atoms with Crippen molar-refractivity contribution in [2.75, 3.05) is 39.6 Å². The third-order valence-electron chi connectivity index (χ3n) is 4.38. The third kappa shape index (κ3) is 21.0. The first-order valence-corrected chi connectivity index (χ1v) is 13.2. The van der Waals surface area contributed by atoms with E-state index >= 15 is 0 Å². The van der Waals surface area contributed by atoms with E-state index in [0.29, 0.717) is 0 Å². The summed E-state index contributed by atoms with van der Waals surface area (Å²) in [4.78, 5) is 47.9. The fourth-order valence-corrected chi connectivity index (χ4v) is 2.99. The van der Waals surface area contributed by atoms with Gasteiger partial charge in [0.1, 0.15) is 22.3 Å². The smallest absolute Gasteiger partial charge is 0.460 e. The van der Waals surface area contributed by atoms with Crippen LogP contribution in [0.4, 0.5) is 13.2 Å². The molecular weight excluding hydrogens is 555 g/mol. The highest BCUT2D eigenvalue weighted by atomic mass is 19.4. The summed E-state index contributed by atoms with van der Waals surface area (Å²) < 4.78 is 71.6. The quantitative estimate of drug-likeness (QED) is 0.159. The molecule has 11 nitrogen and oxygen atoms in total. The van der Waals surface area contributed by atoms with Gasteiger partial charge in [0.15, 0.2) is 0 Å². The fourth-order valence-electron chi connectivity index (χ4n) is 2.99. The molecule has 0 fully saturated rings. The van der Waals surface area contributed by atoms with Crippen LogP contribution in [0.15, 0.2) is 0 Å². The Morgan fingerprint density at radius 2 is 0.805 bits per heavy atom. The van der Waals surface area contributed by atoms with Crippen molar-refractivity contribution in [1.82, 2.24) is 5.32 Å². The van der Waals surface area contributed by atoms with Crippen LogP contribution < -0.4 is 5.32 Å². The van der Waals surface area contributed by atoms with Gasteiger partial charge in [-0.15, -0.1) is 0 Å². The summed E-state index contributed by atoms with van der Waals surface area (Å²) in [6.45, 7) is 12.7. The van der Waals surface area contributed by atoms with Gasteiger partial charge in [0.25, 0.3) is 0 Å². The zero-order valence-corrected chi connectivity index (χ0v) is 25.6. The Hall–Kier alpha value is -2.45. The molecule has 0 aromatic heterocycles. The highest BCUT2D eigenvalue weighted by molar-refractivity contribution is 5.82. The van der Waals surface area contributed by atoms with Crippen LogP contribution in [-0.2, 0) is 47.6 Å². The number of hydrogen-bond donors (Lipinski definition) is 1. The number of ether oxygens (including phenoxy) is 6. The van der Waals surface area contributed by atoms with Gasteiger partial charge in [-0.1, -0.05) is 0 Å². The number of rotatable bonds is 16. The lowest BCUT2D eigenvalue weighted by Crippen LogP contribution is -2.61. The van der Waals surface area contributed by atoms with E-state index in [9.17, 15) is 32.3 Å². The van der Waals surface area contributed by atoms with Gasteiger partial charge >= 0.3 is 30.0 Å². The van der Waals surface area contributed by atoms with Crippen molar-refractivity contribution in [3.8, 4) is 0 Å². The molecule has 0 atom stereocenters. The molecule has 0 aliphatic carbocycles. The van der Waals surface area contributed by atoms with Gasteiger partial charge in [-0.25, -0.2) is 0 Å². The number of esters is 3. The summed E-state index contributed by atoms with van der Waals surface area (Å²) in [5, 5.41) is 1.86. The van der Waals surface area contributed by atoms with Crippen molar-refractivity contribution in [3.05, 3.63) is 0 Å². The molecule has 14 heteroatoms. The van der Waals surface area contributed by atoms with Crippen LogP contribution in [0.2, 0.25) is 0 Å². The Balaban J connectivity index is 5.56. The number of alkyl halides is 3. The molecular formula is C27H46F3NO10. The number of hydrogen-bond acceptors (Lipinski definition) is 10. The highest BCUT2D eigenvalue weighted by Crippen LogP contribution is 2.19. The summed E-state index contributed by atoms with van der Waals surface area (Å²) >= 11 is 0. The summed E-state index contributed by atoms with van der Waals surface area (Å²) in [7, 11) is 0. The molecule has 0 aliphatic heterocycles. The van der Waals surface area contributed by atoms with Crippen LogP contribution in [0, 0.1) is 0 Å². The standard InChI is InChI=1S/C27H46F3NO10/c1-23(2,3)39-19(32)10-13-36-16-26(31-22(35)27(28,29)30,17-37-14-11-20(33)40-24(4,5)6)18-38-15-12-21(34)41-25(7,8)9/h10-18H2,1-9H3,(H,31,35). The maximum Gasteiger partial charge on any atom is 0.471 e. The molecule has 0 rings (SSSR count). The van der Waals surface area contributed by atoms with Gasteiger partial charge in [0.05, 0.1) is 58.9 Å². The van der Waals surface area contributed by atoms with E-state index in [4.69, 9.17) is 28.4 Å². The second-order valence-corrected chi connectivity index (χ2v) is 12.4. The Morgan fingerprint density at radius 3 is 1.02 bits per heavy atom. The molecule has 0 saturated carbocycles. The normalized spacial score (nSPS) is 13.0. The molecule has 0 bridgehead atoms. The molecule has 0 heterocycles. The van der Waals surface area contributed by atoms with E-state index in [-0.39, 0.29) is 39.1 Å². The van der Waals surface area contributed by atoms with E-state index in [1.807, 2.05) is 5.32 Å². The summed E-state index contributed by atoms with van der Waals surface area (Å²) in [5.74, 6) is -4.06. The van der Waals surface area contributed by atoms with Crippen LogP contribution >= 0.6 is 0 Å².